The van der Waals surface area contributed by atoms with Crippen LogP contribution in [0, 0.1) is 6.92 Å². The van der Waals surface area contributed by atoms with Crippen LogP contribution in [0.25, 0.3) is 6.08 Å². The van der Waals surface area contributed by atoms with Crippen LogP contribution in [-0.2, 0) is 20.9 Å². The summed E-state index contributed by atoms with van der Waals surface area (Å²) in [6, 6.07) is 14.9. The van der Waals surface area contributed by atoms with Gasteiger partial charge in [0.25, 0.3) is 5.91 Å². The van der Waals surface area contributed by atoms with Gasteiger partial charge in [-0.15, -0.1) is 0 Å². The van der Waals surface area contributed by atoms with E-state index in [2.05, 4.69) is 5.32 Å². The molecule has 2 aromatic carbocycles. The van der Waals surface area contributed by atoms with Crippen molar-refractivity contribution < 1.29 is 14.3 Å². The highest BCUT2D eigenvalue weighted by Gasteiger charge is 2.05. The summed E-state index contributed by atoms with van der Waals surface area (Å²) < 4.78 is 4.89. The monoisotopic (exact) mass is 343 g/mol. The molecule has 0 saturated heterocycles. The first-order chi connectivity index (χ1) is 11.5. The van der Waals surface area contributed by atoms with Gasteiger partial charge in [-0.1, -0.05) is 59.6 Å². The van der Waals surface area contributed by atoms with Crippen LogP contribution in [0.3, 0.4) is 0 Å². The Labute approximate surface area is 146 Å². The molecule has 0 radical (unpaired) electrons. The summed E-state index contributed by atoms with van der Waals surface area (Å²) in [6.07, 6.45) is 2.79. The molecule has 0 spiro atoms. The van der Waals surface area contributed by atoms with E-state index >= 15 is 0 Å². The number of amides is 1. The number of carbonyl (C=O) groups is 2. The molecule has 0 fully saturated rings. The zero-order chi connectivity index (χ0) is 17.4. The number of halogens is 1. The molecule has 0 aromatic heterocycles. The molecule has 2 rings (SSSR count). The minimum Gasteiger partial charge on any atom is -0.452 e. The first-order valence-electron chi connectivity index (χ1n) is 7.46. The third-order valence-corrected chi connectivity index (χ3v) is 3.60. The van der Waals surface area contributed by atoms with Crippen molar-refractivity contribution in [1.29, 1.82) is 0 Å². The van der Waals surface area contributed by atoms with Crippen LogP contribution in [0.2, 0.25) is 5.02 Å². The number of benzene rings is 2. The standard InChI is InChI=1S/C19H18ClNO3/c1-14-6-8-15(9-7-14)12-21-18(22)13-24-19(23)11-10-16-4-2-3-5-17(16)20/h2-11H,12-13H2,1H3,(H,21,22)/b11-10+. The van der Waals surface area contributed by atoms with E-state index in [0.717, 1.165) is 11.1 Å². The van der Waals surface area contributed by atoms with Gasteiger partial charge in [0.1, 0.15) is 0 Å². The quantitative estimate of drug-likeness (QED) is 0.645. The van der Waals surface area contributed by atoms with Crippen molar-refractivity contribution in [2.45, 2.75) is 13.5 Å². The van der Waals surface area contributed by atoms with E-state index in [1.54, 1.807) is 24.3 Å². The van der Waals surface area contributed by atoms with Gasteiger partial charge in [-0.05, 0) is 30.2 Å². The third kappa shape index (κ3) is 5.89. The molecule has 2 aromatic rings. The number of aryl methyl sites for hydroxylation is 1. The fourth-order valence-corrected chi connectivity index (χ4v) is 2.11. The fourth-order valence-electron chi connectivity index (χ4n) is 1.91. The van der Waals surface area contributed by atoms with Crippen LogP contribution in [0.5, 0.6) is 0 Å². The lowest BCUT2D eigenvalue weighted by Gasteiger charge is -2.06. The van der Waals surface area contributed by atoms with Crippen LogP contribution in [0.15, 0.2) is 54.6 Å². The molecule has 0 aliphatic heterocycles. The van der Waals surface area contributed by atoms with Gasteiger partial charge >= 0.3 is 5.97 Å². The van der Waals surface area contributed by atoms with Gasteiger partial charge in [-0.3, -0.25) is 4.79 Å². The lowest BCUT2D eigenvalue weighted by atomic mass is 10.1. The van der Waals surface area contributed by atoms with Crippen molar-refractivity contribution >= 4 is 29.6 Å². The van der Waals surface area contributed by atoms with Crippen molar-refractivity contribution in [3.63, 3.8) is 0 Å². The summed E-state index contributed by atoms with van der Waals surface area (Å²) in [7, 11) is 0. The highest BCUT2D eigenvalue weighted by molar-refractivity contribution is 6.32. The maximum Gasteiger partial charge on any atom is 0.331 e. The first kappa shape index (κ1) is 17.8. The van der Waals surface area contributed by atoms with E-state index in [9.17, 15) is 9.59 Å². The first-order valence-corrected chi connectivity index (χ1v) is 7.84. The van der Waals surface area contributed by atoms with Crippen molar-refractivity contribution in [3.05, 3.63) is 76.3 Å². The molecule has 0 saturated carbocycles. The molecule has 0 aliphatic rings. The number of rotatable bonds is 6. The summed E-state index contributed by atoms with van der Waals surface area (Å²) in [5.74, 6) is -0.949. The van der Waals surface area contributed by atoms with E-state index < -0.39 is 5.97 Å². The zero-order valence-corrected chi connectivity index (χ0v) is 14.0. The summed E-state index contributed by atoms with van der Waals surface area (Å²) in [6.45, 7) is 2.07. The van der Waals surface area contributed by atoms with Crippen LogP contribution < -0.4 is 5.32 Å². The Morgan fingerprint density at radius 2 is 1.83 bits per heavy atom. The lowest BCUT2D eigenvalue weighted by molar-refractivity contribution is -0.143. The fraction of sp³-hybridized carbons (Fsp3) is 0.158. The largest absolute Gasteiger partial charge is 0.452 e. The normalized spacial score (nSPS) is 10.6. The highest BCUT2D eigenvalue weighted by Crippen LogP contribution is 2.16. The van der Waals surface area contributed by atoms with E-state index in [4.69, 9.17) is 16.3 Å². The second kappa shape index (κ2) is 8.89. The molecule has 24 heavy (non-hydrogen) atoms. The average Bonchev–Trinajstić information content (AvgIpc) is 2.58. The van der Waals surface area contributed by atoms with Gasteiger partial charge in [-0.2, -0.15) is 0 Å². The SMILES string of the molecule is Cc1ccc(CNC(=O)COC(=O)/C=C/c2ccccc2Cl)cc1. The number of ether oxygens (including phenoxy) is 1. The second-order valence-corrected chi connectivity index (χ2v) is 5.63. The molecular weight excluding hydrogens is 326 g/mol. The van der Waals surface area contributed by atoms with Crippen LogP contribution >= 0.6 is 11.6 Å². The Hall–Kier alpha value is -2.59. The Balaban J connectivity index is 1.74. The number of carbonyl (C=O) groups excluding carboxylic acids is 2. The molecule has 1 N–H and O–H groups in total. The summed E-state index contributed by atoms with van der Waals surface area (Å²) in [5.41, 5.74) is 2.85. The van der Waals surface area contributed by atoms with Crippen molar-refractivity contribution in [3.8, 4) is 0 Å². The van der Waals surface area contributed by atoms with E-state index in [0.29, 0.717) is 17.1 Å². The van der Waals surface area contributed by atoms with Gasteiger partial charge in [0, 0.05) is 17.6 Å². The van der Waals surface area contributed by atoms with Gasteiger partial charge in [-0.25, -0.2) is 4.79 Å². The Morgan fingerprint density at radius 3 is 2.54 bits per heavy atom. The second-order valence-electron chi connectivity index (χ2n) is 5.22. The van der Waals surface area contributed by atoms with Gasteiger partial charge in [0.2, 0.25) is 0 Å². The summed E-state index contributed by atoms with van der Waals surface area (Å²) in [5, 5.41) is 3.23. The van der Waals surface area contributed by atoms with Gasteiger partial charge in [0.05, 0.1) is 0 Å². The van der Waals surface area contributed by atoms with Gasteiger partial charge < -0.3 is 10.1 Å². The summed E-state index contributed by atoms with van der Waals surface area (Å²) >= 11 is 5.98. The van der Waals surface area contributed by atoms with E-state index in [-0.39, 0.29) is 12.5 Å². The topological polar surface area (TPSA) is 55.4 Å². The molecule has 1 amide bonds. The smallest absolute Gasteiger partial charge is 0.331 e. The molecule has 0 bridgehead atoms. The molecule has 4 nitrogen and oxygen atoms in total. The predicted octanol–water partition coefficient (Wildman–Crippen LogP) is 3.52. The Kier molecular flexibility index (Phi) is 6.58. The molecule has 124 valence electrons. The minimum atomic E-state index is -0.597. The Bertz CT molecular complexity index is 739. The van der Waals surface area contributed by atoms with E-state index in [1.807, 2.05) is 37.3 Å². The van der Waals surface area contributed by atoms with Crippen LogP contribution in [0.4, 0.5) is 0 Å². The zero-order valence-electron chi connectivity index (χ0n) is 13.3. The number of esters is 1. The molecule has 0 aliphatic carbocycles. The third-order valence-electron chi connectivity index (χ3n) is 3.26. The minimum absolute atomic E-state index is 0.322. The van der Waals surface area contributed by atoms with E-state index in [1.165, 1.54) is 6.08 Å². The number of hydrogen-bond acceptors (Lipinski definition) is 3. The van der Waals surface area contributed by atoms with Crippen LogP contribution in [0.1, 0.15) is 16.7 Å². The summed E-state index contributed by atoms with van der Waals surface area (Å²) in [4.78, 5) is 23.3. The predicted molar refractivity (Wildman–Crippen MR) is 94.5 cm³/mol. The Morgan fingerprint density at radius 1 is 1.12 bits per heavy atom. The molecular formula is C19H18ClNO3. The number of nitrogens with one attached hydrogen (secondary N) is 1. The molecule has 0 atom stereocenters. The average molecular weight is 344 g/mol. The number of hydrogen-bond donors (Lipinski definition) is 1. The molecule has 5 heteroatoms. The van der Waals surface area contributed by atoms with Gasteiger partial charge in [0.15, 0.2) is 6.61 Å². The maximum atomic E-state index is 11.7. The lowest BCUT2D eigenvalue weighted by Crippen LogP contribution is -2.28. The molecule has 0 unspecified atom stereocenters. The highest BCUT2D eigenvalue weighted by atomic mass is 35.5. The van der Waals surface area contributed by atoms with Crippen molar-refractivity contribution in [1.82, 2.24) is 5.32 Å². The van der Waals surface area contributed by atoms with Crippen LogP contribution in [-0.4, -0.2) is 18.5 Å². The maximum absolute atomic E-state index is 11.7. The molecule has 0 heterocycles. The van der Waals surface area contributed by atoms with Crippen molar-refractivity contribution in [2.75, 3.05) is 6.61 Å². The van der Waals surface area contributed by atoms with Crippen molar-refractivity contribution in [2.24, 2.45) is 0 Å².